The zero-order chi connectivity index (χ0) is 14.4. The third kappa shape index (κ3) is 5.76. The summed E-state index contributed by atoms with van der Waals surface area (Å²) in [5.41, 5.74) is 0. The summed E-state index contributed by atoms with van der Waals surface area (Å²) in [6.07, 6.45) is 7.76. The summed E-state index contributed by atoms with van der Waals surface area (Å²) < 4.78 is 5.82. The van der Waals surface area contributed by atoms with Gasteiger partial charge in [0.25, 0.3) is 0 Å². The Hall–Kier alpha value is -0.320. The second kappa shape index (κ2) is 9.65. The van der Waals surface area contributed by atoms with Crippen molar-refractivity contribution >= 4 is 18.3 Å². The zero-order valence-electron chi connectivity index (χ0n) is 13.5. The molecule has 2 aliphatic rings. The van der Waals surface area contributed by atoms with Crippen LogP contribution in [0, 0.1) is 0 Å². The van der Waals surface area contributed by atoms with Crippen LogP contribution in [0.5, 0.6) is 0 Å². The number of carbonyl (C=O) groups excluding carboxylic acids is 1. The van der Waals surface area contributed by atoms with E-state index in [9.17, 15) is 4.79 Å². The molecule has 0 saturated carbocycles. The number of amides is 1. The highest BCUT2D eigenvalue weighted by molar-refractivity contribution is 5.85. The lowest BCUT2D eigenvalue weighted by atomic mass is 10.0. The van der Waals surface area contributed by atoms with Crippen LogP contribution < -0.4 is 5.32 Å². The Bertz CT molecular complexity index is 309. The fourth-order valence-electron chi connectivity index (χ4n) is 3.40. The number of ether oxygens (including phenoxy) is 1. The molecule has 2 unspecified atom stereocenters. The first-order valence-corrected chi connectivity index (χ1v) is 8.36. The van der Waals surface area contributed by atoms with Gasteiger partial charge in [-0.2, -0.15) is 0 Å². The molecule has 2 rings (SSSR count). The molecule has 124 valence electrons. The van der Waals surface area contributed by atoms with Gasteiger partial charge in [0.1, 0.15) is 0 Å². The van der Waals surface area contributed by atoms with Crippen LogP contribution in [0.1, 0.15) is 58.8 Å². The van der Waals surface area contributed by atoms with Crippen LogP contribution in [0.15, 0.2) is 0 Å². The molecule has 0 aromatic carbocycles. The van der Waals surface area contributed by atoms with Gasteiger partial charge in [0.05, 0.1) is 12.2 Å². The van der Waals surface area contributed by atoms with E-state index in [1.54, 1.807) is 0 Å². The minimum Gasteiger partial charge on any atom is -0.375 e. The molecule has 0 aliphatic carbocycles. The topological polar surface area (TPSA) is 41.6 Å². The summed E-state index contributed by atoms with van der Waals surface area (Å²) in [6, 6.07) is 0.451. The molecule has 0 aromatic heterocycles. The van der Waals surface area contributed by atoms with Gasteiger partial charge in [0, 0.05) is 19.0 Å². The van der Waals surface area contributed by atoms with Gasteiger partial charge < -0.3 is 15.0 Å². The van der Waals surface area contributed by atoms with Gasteiger partial charge >= 0.3 is 0 Å². The van der Waals surface area contributed by atoms with Gasteiger partial charge in [0.2, 0.25) is 5.91 Å². The van der Waals surface area contributed by atoms with E-state index in [0.29, 0.717) is 30.6 Å². The number of piperidine rings is 1. The molecule has 5 heteroatoms. The van der Waals surface area contributed by atoms with Gasteiger partial charge in [-0.05, 0) is 58.5 Å². The molecule has 2 saturated heterocycles. The summed E-state index contributed by atoms with van der Waals surface area (Å²) >= 11 is 0. The van der Waals surface area contributed by atoms with Crippen LogP contribution in [-0.2, 0) is 9.53 Å². The van der Waals surface area contributed by atoms with Crippen molar-refractivity contribution in [2.45, 2.75) is 77.0 Å². The standard InChI is InChI=1S/C16H30N2O2.ClH/c1-3-12-18(14-8-10-17-11-9-14)16(19)7-6-15-5-4-13(2)20-15;/h13-15,17H,3-12H2,1-2H3;1H. The summed E-state index contributed by atoms with van der Waals surface area (Å²) in [5, 5.41) is 3.37. The monoisotopic (exact) mass is 318 g/mol. The van der Waals surface area contributed by atoms with Crippen molar-refractivity contribution in [3.8, 4) is 0 Å². The molecule has 0 spiro atoms. The van der Waals surface area contributed by atoms with E-state index >= 15 is 0 Å². The quantitative estimate of drug-likeness (QED) is 0.818. The van der Waals surface area contributed by atoms with Crippen molar-refractivity contribution in [1.29, 1.82) is 0 Å². The molecule has 1 N–H and O–H groups in total. The highest BCUT2D eigenvalue weighted by Crippen LogP contribution is 2.23. The first kappa shape index (κ1) is 18.7. The molecule has 4 nitrogen and oxygen atoms in total. The van der Waals surface area contributed by atoms with E-state index in [-0.39, 0.29) is 12.4 Å². The van der Waals surface area contributed by atoms with Crippen molar-refractivity contribution in [1.82, 2.24) is 10.2 Å². The van der Waals surface area contributed by atoms with Gasteiger partial charge in [-0.1, -0.05) is 6.92 Å². The minimum atomic E-state index is 0. The van der Waals surface area contributed by atoms with Crippen molar-refractivity contribution in [2.24, 2.45) is 0 Å². The molecule has 2 heterocycles. The SMILES string of the molecule is CCCN(C(=O)CCC1CCC(C)O1)C1CCNCC1.Cl. The molecular weight excluding hydrogens is 288 g/mol. The third-order valence-corrected chi connectivity index (χ3v) is 4.53. The Morgan fingerprint density at radius 2 is 1.95 bits per heavy atom. The number of hydrogen-bond acceptors (Lipinski definition) is 3. The number of nitrogens with one attached hydrogen (secondary N) is 1. The molecule has 0 bridgehead atoms. The van der Waals surface area contributed by atoms with E-state index in [4.69, 9.17) is 4.74 Å². The average Bonchev–Trinajstić information content (AvgIpc) is 2.89. The van der Waals surface area contributed by atoms with Gasteiger partial charge in [0.15, 0.2) is 0 Å². The highest BCUT2D eigenvalue weighted by Gasteiger charge is 2.27. The van der Waals surface area contributed by atoms with Crippen molar-refractivity contribution in [3.05, 3.63) is 0 Å². The number of hydrogen-bond donors (Lipinski definition) is 1. The minimum absolute atomic E-state index is 0. The van der Waals surface area contributed by atoms with Gasteiger partial charge in [-0.15, -0.1) is 12.4 Å². The predicted molar refractivity (Wildman–Crippen MR) is 87.9 cm³/mol. The van der Waals surface area contributed by atoms with Crippen molar-refractivity contribution < 1.29 is 9.53 Å². The highest BCUT2D eigenvalue weighted by atomic mass is 35.5. The molecule has 2 atom stereocenters. The molecule has 0 radical (unpaired) electrons. The molecule has 1 amide bonds. The summed E-state index contributed by atoms with van der Waals surface area (Å²) in [5.74, 6) is 0.335. The average molecular weight is 319 g/mol. The summed E-state index contributed by atoms with van der Waals surface area (Å²) in [4.78, 5) is 14.7. The molecule has 2 fully saturated rings. The Labute approximate surface area is 135 Å². The lowest BCUT2D eigenvalue weighted by molar-refractivity contribution is -0.134. The lowest BCUT2D eigenvalue weighted by Gasteiger charge is -2.35. The van der Waals surface area contributed by atoms with E-state index in [1.807, 2.05) is 0 Å². The Balaban J connectivity index is 0.00000220. The molecule has 0 aromatic rings. The Morgan fingerprint density at radius 3 is 2.52 bits per heavy atom. The smallest absolute Gasteiger partial charge is 0.222 e. The fraction of sp³-hybridized carbons (Fsp3) is 0.938. The zero-order valence-corrected chi connectivity index (χ0v) is 14.3. The second-order valence-electron chi connectivity index (χ2n) is 6.25. The van der Waals surface area contributed by atoms with E-state index in [2.05, 4.69) is 24.1 Å². The lowest BCUT2D eigenvalue weighted by Crippen LogP contribution is -2.46. The number of carbonyl (C=O) groups is 1. The second-order valence-corrected chi connectivity index (χ2v) is 6.25. The van der Waals surface area contributed by atoms with Crippen molar-refractivity contribution in [3.63, 3.8) is 0 Å². The summed E-state index contributed by atoms with van der Waals surface area (Å²) in [6.45, 7) is 7.28. The van der Waals surface area contributed by atoms with Crippen LogP contribution in [-0.4, -0.2) is 48.7 Å². The van der Waals surface area contributed by atoms with E-state index in [1.165, 1.54) is 0 Å². The van der Waals surface area contributed by atoms with Crippen LogP contribution in [0.2, 0.25) is 0 Å². The van der Waals surface area contributed by atoms with Crippen LogP contribution >= 0.6 is 12.4 Å². The normalized spacial score (nSPS) is 26.4. The van der Waals surface area contributed by atoms with Gasteiger partial charge in [-0.3, -0.25) is 4.79 Å². The van der Waals surface area contributed by atoms with Crippen molar-refractivity contribution in [2.75, 3.05) is 19.6 Å². The Morgan fingerprint density at radius 1 is 1.24 bits per heavy atom. The fourth-order valence-corrected chi connectivity index (χ4v) is 3.40. The van der Waals surface area contributed by atoms with Crippen LogP contribution in [0.4, 0.5) is 0 Å². The molecule has 21 heavy (non-hydrogen) atoms. The first-order valence-electron chi connectivity index (χ1n) is 8.36. The van der Waals surface area contributed by atoms with E-state index in [0.717, 1.165) is 58.2 Å². The van der Waals surface area contributed by atoms with Crippen LogP contribution in [0.3, 0.4) is 0 Å². The number of nitrogens with zero attached hydrogens (tertiary/aromatic N) is 1. The maximum absolute atomic E-state index is 12.5. The third-order valence-electron chi connectivity index (χ3n) is 4.53. The Kier molecular flexibility index (Phi) is 8.60. The summed E-state index contributed by atoms with van der Waals surface area (Å²) in [7, 11) is 0. The van der Waals surface area contributed by atoms with Crippen LogP contribution in [0.25, 0.3) is 0 Å². The first-order chi connectivity index (χ1) is 9.70. The predicted octanol–water partition coefficient (Wildman–Crippen LogP) is 2.75. The largest absolute Gasteiger partial charge is 0.375 e. The maximum atomic E-state index is 12.5. The molecular formula is C16H31ClN2O2. The maximum Gasteiger partial charge on any atom is 0.222 e. The number of rotatable bonds is 6. The van der Waals surface area contributed by atoms with Gasteiger partial charge in [-0.25, -0.2) is 0 Å². The molecule has 2 aliphatic heterocycles. The number of halogens is 1. The van der Waals surface area contributed by atoms with E-state index < -0.39 is 0 Å².